The number of halogens is 1. The molecule has 1 nitrogen and oxygen atoms in total. The van der Waals surface area contributed by atoms with Crippen LogP contribution in [0.1, 0.15) is 24.0 Å². The molecule has 0 amide bonds. The van der Waals surface area contributed by atoms with Gasteiger partial charge in [0.2, 0.25) is 0 Å². The van der Waals surface area contributed by atoms with Crippen LogP contribution < -0.4 is 4.74 Å². The summed E-state index contributed by atoms with van der Waals surface area (Å²) in [6, 6.07) is 4.03. The van der Waals surface area contributed by atoms with Gasteiger partial charge < -0.3 is 4.74 Å². The van der Waals surface area contributed by atoms with Crippen LogP contribution in [0.5, 0.6) is 5.75 Å². The molecule has 1 atom stereocenters. The molecule has 0 N–H and O–H groups in total. The van der Waals surface area contributed by atoms with Gasteiger partial charge in [-0.3, -0.25) is 0 Å². The van der Waals surface area contributed by atoms with Gasteiger partial charge in [-0.25, -0.2) is 0 Å². The second-order valence-electron chi connectivity index (χ2n) is 3.35. The van der Waals surface area contributed by atoms with Crippen molar-refractivity contribution < 1.29 is 4.74 Å². The molecule has 1 aliphatic rings. The molecule has 0 aliphatic carbocycles. The second-order valence-corrected chi connectivity index (χ2v) is 3.76. The fraction of sp³-hybridized carbons (Fsp3) is 0.400. The fourth-order valence-electron chi connectivity index (χ4n) is 1.49. The normalized spacial score (nSPS) is 20.4. The molecule has 0 fully saturated rings. The van der Waals surface area contributed by atoms with Crippen molar-refractivity contribution in [2.24, 2.45) is 0 Å². The van der Waals surface area contributed by atoms with Gasteiger partial charge in [0, 0.05) is 16.5 Å². The van der Waals surface area contributed by atoms with Gasteiger partial charge in [-0.15, -0.1) is 0 Å². The van der Waals surface area contributed by atoms with E-state index in [1.165, 1.54) is 5.56 Å². The Morgan fingerprint density at radius 3 is 3.00 bits per heavy atom. The summed E-state index contributed by atoms with van der Waals surface area (Å²) >= 11 is 6.00. The van der Waals surface area contributed by atoms with E-state index in [9.17, 15) is 0 Å². The van der Waals surface area contributed by atoms with E-state index < -0.39 is 0 Å². The maximum absolute atomic E-state index is 6.00. The predicted molar refractivity (Wildman–Crippen MR) is 50.1 cm³/mol. The second kappa shape index (κ2) is 2.67. The highest BCUT2D eigenvalue weighted by Gasteiger charge is 2.20. The van der Waals surface area contributed by atoms with Crippen molar-refractivity contribution in [2.75, 3.05) is 6.61 Å². The highest BCUT2D eigenvalue weighted by Crippen LogP contribution is 2.36. The first-order valence-electron chi connectivity index (χ1n) is 4.11. The molecule has 1 aromatic rings. The third kappa shape index (κ3) is 1.09. The molecule has 0 spiro atoms. The Labute approximate surface area is 77.3 Å². The summed E-state index contributed by atoms with van der Waals surface area (Å²) in [5.74, 6) is 1.49. The number of fused-ring (bicyclic) bond motifs is 1. The number of hydrogen-bond donors (Lipinski definition) is 0. The van der Waals surface area contributed by atoms with Crippen LogP contribution in [0.2, 0.25) is 5.02 Å². The van der Waals surface area contributed by atoms with Gasteiger partial charge in [0.1, 0.15) is 5.75 Å². The highest BCUT2D eigenvalue weighted by atomic mass is 35.5. The Hall–Kier alpha value is -0.690. The zero-order valence-electron chi connectivity index (χ0n) is 7.23. The largest absolute Gasteiger partial charge is 0.493 e. The third-order valence-electron chi connectivity index (χ3n) is 2.31. The van der Waals surface area contributed by atoms with Gasteiger partial charge in [-0.1, -0.05) is 18.5 Å². The van der Waals surface area contributed by atoms with E-state index in [4.69, 9.17) is 16.3 Å². The van der Waals surface area contributed by atoms with Crippen molar-refractivity contribution in [3.63, 3.8) is 0 Å². The highest BCUT2D eigenvalue weighted by molar-refractivity contribution is 6.31. The van der Waals surface area contributed by atoms with Gasteiger partial charge in [-0.05, 0) is 24.6 Å². The summed E-state index contributed by atoms with van der Waals surface area (Å²) in [5, 5.41) is 0.839. The maximum atomic E-state index is 6.00. The van der Waals surface area contributed by atoms with Gasteiger partial charge in [0.05, 0.1) is 6.61 Å². The first-order valence-corrected chi connectivity index (χ1v) is 4.49. The van der Waals surface area contributed by atoms with E-state index in [0.29, 0.717) is 5.92 Å². The average molecular weight is 183 g/mol. The Bertz CT molecular complexity index is 320. The SMILES string of the molecule is Cc1cc2c(cc1Cl)C(C)CO2. The molecule has 64 valence electrons. The molecular weight excluding hydrogens is 172 g/mol. The first kappa shape index (κ1) is 7.93. The standard InChI is InChI=1S/C10H11ClO/c1-6-3-10-8(4-9(6)11)7(2)5-12-10/h3-4,7H,5H2,1-2H3. The summed E-state index contributed by atoms with van der Waals surface area (Å²) in [6.45, 7) is 4.93. The minimum atomic E-state index is 0.484. The smallest absolute Gasteiger partial charge is 0.123 e. The lowest BCUT2D eigenvalue weighted by atomic mass is 10.0. The number of aryl methyl sites for hydroxylation is 1. The molecule has 0 radical (unpaired) electrons. The van der Waals surface area contributed by atoms with Crippen LogP contribution in [0, 0.1) is 6.92 Å². The number of benzene rings is 1. The molecule has 1 aliphatic heterocycles. The summed E-state index contributed by atoms with van der Waals surface area (Å²) < 4.78 is 5.49. The summed E-state index contributed by atoms with van der Waals surface area (Å²) in [6.07, 6.45) is 0. The van der Waals surface area contributed by atoms with Crippen molar-refractivity contribution in [1.82, 2.24) is 0 Å². The lowest BCUT2D eigenvalue weighted by molar-refractivity contribution is 0.337. The van der Waals surface area contributed by atoms with Crippen LogP contribution in [-0.2, 0) is 0 Å². The zero-order valence-corrected chi connectivity index (χ0v) is 7.98. The molecule has 0 bridgehead atoms. The van der Waals surface area contributed by atoms with Crippen LogP contribution >= 0.6 is 11.6 Å². The van der Waals surface area contributed by atoms with Crippen molar-refractivity contribution >= 4 is 11.6 Å². The number of rotatable bonds is 0. The number of hydrogen-bond acceptors (Lipinski definition) is 1. The van der Waals surface area contributed by atoms with Gasteiger partial charge >= 0.3 is 0 Å². The van der Waals surface area contributed by atoms with E-state index in [2.05, 4.69) is 6.92 Å². The van der Waals surface area contributed by atoms with Crippen LogP contribution in [-0.4, -0.2) is 6.61 Å². The molecular formula is C10H11ClO. The lowest BCUT2D eigenvalue weighted by Crippen LogP contribution is -1.93. The first-order chi connectivity index (χ1) is 5.68. The maximum Gasteiger partial charge on any atom is 0.123 e. The van der Waals surface area contributed by atoms with Crippen molar-refractivity contribution in [2.45, 2.75) is 19.8 Å². The molecule has 0 saturated carbocycles. The van der Waals surface area contributed by atoms with Gasteiger partial charge in [-0.2, -0.15) is 0 Å². The van der Waals surface area contributed by atoms with E-state index in [0.717, 1.165) is 22.9 Å². The van der Waals surface area contributed by atoms with E-state index in [1.807, 2.05) is 19.1 Å². The monoisotopic (exact) mass is 182 g/mol. The third-order valence-corrected chi connectivity index (χ3v) is 2.72. The molecule has 1 unspecified atom stereocenters. The zero-order chi connectivity index (χ0) is 8.72. The molecule has 1 aromatic carbocycles. The van der Waals surface area contributed by atoms with Crippen molar-refractivity contribution in [3.8, 4) is 5.75 Å². The minimum Gasteiger partial charge on any atom is -0.493 e. The molecule has 2 heteroatoms. The lowest BCUT2D eigenvalue weighted by Gasteiger charge is -2.03. The Kier molecular flexibility index (Phi) is 1.76. The van der Waals surface area contributed by atoms with Crippen molar-refractivity contribution in [1.29, 1.82) is 0 Å². The summed E-state index contributed by atoms with van der Waals surface area (Å²) in [7, 11) is 0. The molecule has 2 rings (SSSR count). The fourth-order valence-corrected chi connectivity index (χ4v) is 1.66. The quantitative estimate of drug-likeness (QED) is 0.599. The predicted octanol–water partition coefficient (Wildman–Crippen LogP) is 3.14. The van der Waals surface area contributed by atoms with Crippen LogP contribution in [0.25, 0.3) is 0 Å². The molecule has 12 heavy (non-hydrogen) atoms. The Morgan fingerprint density at radius 2 is 2.25 bits per heavy atom. The minimum absolute atomic E-state index is 0.484. The number of ether oxygens (including phenoxy) is 1. The van der Waals surface area contributed by atoms with Gasteiger partial charge in [0.25, 0.3) is 0 Å². The molecule has 0 saturated heterocycles. The van der Waals surface area contributed by atoms with Crippen molar-refractivity contribution in [3.05, 3.63) is 28.3 Å². The topological polar surface area (TPSA) is 9.23 Å². The van der Waals surface area contributed by atoms with Gasteiger partial charge in [0.15, 0.2) is 0 Å². The van der Waals surface area contributed by atoms with E-state index in [1.54, 1.807) is 0 Å². The average Bonchev–Trinajstić information content (AvgIpc) is 2.35. The molecule has 0 aromatic heterocycles. The summed E-state index contributed by atoms with van der Waals surface area (Å²) in [5.41, 5.74) is 2.33. The van der Waals surface area contributed by atoms with Crippen LogP contribution in [0.4, 0.5) is 0 Å². The Balaban J connectivity index is 2.56. The van der Waals surface area contributed by atoms with Crippen LogP contribution in [0.15, 0.2) is 12.1 Å². The van der Waals surface area contributed by atoms with E-state index in [-0.39, 0.29) is 0 Å². The summed E-state index contributed by atoms with van der Waals surface area (Å²) in [4.78, 5) is 0. The van der Waals surface area contributed by atoms with Crippen LogP contribution in [0.3, 0.4) is 0 Å². The molecule has 1 heterocycles. The Morgan fingerprint density at radius 1 is 1.50 bits per heavy atom. The van der Waals surface area contributed by atoms with E-state index >= 15 is 0 Å².